The molecule has 2 rings (SSSR count). The topological polar surface area (TPSA) is 46.3 Å². The summed E-state index contributed by atoms with van der Waals surface area (Å²) in [4.78, 5) is 14.6. The Morgan fingerprint density at radius 2 is 1.62 bits per heavy atom. The first-order chi connectivity index (χ1) is 10.9. The van der Waals surface area contributed by atoms with E-state index in [1.54, 1.807) is 17.0 Å². The van der Waals surface area contributed by atoms with E-state index in [4.69, 9.17) is 28.9 Å². The molecule has 0 atom stereocenters. The van der Waals surface area contributed by atoms with Crippen LogP contribution >= 0.6 is 35.6 Å². The second-order valence-corrected chi connectivity index (χ2v) is 6.49. The zero-order valence-corrected chi connectivity index (χ0v) is 16.0. The minimum Gasteiger partial charge on any atom is -0.332 e. The van der Waals surface area contributed by atoms with Crippen LogP contribution in [0.2, 0.25) is 10.0 Å². The van der Waals surface area contributed by atoms with Gasteiger partial charge in [-0.1, -0.05) is 41.4 Å². The number of nitrogens with zero attached hydrogens (tertiary/aromatic N) is 1. The molecule has 0 fully saturated rings. The first-order valence-electron chi connectivity index (χ1n) is 7.46. The van der Waals surface area contributed by atoms with Gasteiger partial charge in [-0.3, -0.25) is 4.79 Å². The zero-order chi connectivity index (χ0) is 17.0. The third-order valence-corrected chi connectivity index (χ3v) is 4.40. The van der Waals surface area contributed by atoms with Gasteiger partial charge in [0.25, 0.3) is 5.91 Å². The van der Waals surface area contributed by atoms with E-state index in [1.165, 1.54) is 0 Å². The summed E-state index contributed by atoms with van der Waals surface area (Å²) in [5, 5.41) is 1.00. The summed E-state index contributed by atoms with van der Waals surface area (Å²) in [6.07, 6.45) is 0. The van der Waals surface area contributed by atoms with Crippen molar-refractivity contribution in [3.05, 3.63) is 69.2 Å². The average molecular weight is 388 g/mol. The van der Waals surface area contributed by atoms with E-state index >= 15 is 0 Å². The van der Waals surface area contributed by atoms with Crippen LogP contribution in [0.5, 0.6) is 0 Å². The van der Waals surface area contributed by atoms with E-state index in [0.29, 0.717) is 28.7 Å². The Balaban J connectivity index is 0.00000288. The van der Waals surface area contributed by atoms with E-state index < -0.39 is 0 Å². The van der Waals surface area contributed by atoms with Gasteiger partial charge in [-0.05, 0) is 49.2 Å². The summed E-state index contributed by atoms with van der Waals surface area (Å²) in [6.45, 7) is 4.92. The fraction of sp³-hybridized carbons (Fsp3) is 0.278. The molecule has 0 radical (unpaired) electrons. The van der Waals surface area contributed by atoms with Gasteiger partial charge in [0.15, 0.2) is 0 Å². The number of carbonyl (C=O) groups excluding carboxylic acids is 1. The third kappa shape index (κ3) is 5.12. The lowest BCUT2D eigenvalue weighted by Crippen LogP contribution is -2.36. The van der Waals surface area contributed by atoms with Crippen molar-refractivity contribution in [3.63, 3.8) is 0 Å². The molecule has 0 aromatic heterocycles. The molecule has 2 aromatic rings. The van der Waals surface area contributed by atoms with Crippen LogP contribution in [0.1, 0.15) is 35.3 Å². The van der Waals surface area contributed by atoms with Crippen molar-refractivity contribution in [2.75, 3.05) is 0 Å². The summed E-state index contributed by atoms with van der Waals surface area (Å²) >= 11 is 12.0. The molecule has 0 aliphatic rings. The lowest BCUT2D eigenvalue weighted by atomic mass is 10.1. The molecule has 0 bridgehead atoms. The highest BCUT2D eigenvalue weighted by Crippen LogP contribution is 2.24. The molecule has 0 spiro atoms. The molecular formula is C18H21Cl3N2O. The number of nitrogens with two attached hydrogens (primary N) is 1. The number of amides is 1. The molecule has 2 N–H and O–H groups in total. The summed E-state index contributed by atoms with van der Waals surface area (Å²) in [7, 11) is 0. The molecule has 0 aliphatic carbocycles. The van der Waals surface area contributed by atoms with Gasteiger partial charge in [-0.2, -0.15) is 0 Å². The third-order valence-electron chi connectivity index (χ3n) is 3.66. The average Bonchev–Trinajstić information content (AvgIpc) is 2.55. The van der Waals surface area contributed by atoms with Crippen LogP contribution in [0.4, 0.5) is 0 Å². The molecular weight excluding hydrogens is 367 g/mol. The minimum absolute atomic E-state index is 0. The molecule has 0 heterocycles. The second-order valence-electron chi connectivity index (χ2n) is 5.68. The molecule has 6 heteroatoms. The van der Waals surface area contributed by atoms with E-state index in [1.807, 2.05) is 44.2 Å². The fourth-order valence-corrected chi connectivity index (χ4v) is 2.59. The lowest BCUT2D eigenvalue weighted by molar-refractivity contribution is 0.0690. The van der Waals surface area contributed by atoms with Crippen LogP contribution in [0.3, 0.4) is 0 Å². The van der Waals surface area contributed by atoms with Gasteiger partial charge in [0, 0.05) is 24.7 Å². The van der Waals surface area contributed by atoms with Crippen molar-refractivity contribution in [2.45, 2.75) is 33.0 Å². The Labute approximate surface area is 159 Å². The zero-order valence-electron chi connectivity index (χ0n) is 13.6. The minimum atomic E-state index is -0.0188. The number of benzene rings is 2. The normalized spacial score (nSPS) is 10.4. The number of hydrogen-bond donors (Lipinski definition) is 1. The fourth-order valence-electron chi connectivity index (χ4n) is 2.27. The molecule has 0 saturated heterocycles. The van der Waals surface area contributed by atoms with Crippen LogP contribution in [-0.4, -0.2) is 16.8 Å². The molecule has 24 heavy (non-hydrogen) atoms. The second kappa shape index (κ2) is 9.28. The maximum absolute atomic E-state index is 12.8. The Morgan fingerprint density at radius 3 is 2.12 bits per heavy atom. The summed E-state index contributed by atoms with van der Waals surface area (Å²) in [5.41, 5.74) is 8.19. The number of carbonyl (C=O) groups is 1. The van der Waals surface area contributed by atoms with Gasteiger partial charge in [0.05, 0.1) is 10.0 Å². The van der Waals surface area contributed by atoms with Gasteiger partial charge < -0.3 is 10.6 Å². The van der Waals surface area contributed by atoms with Gasteiger partial charge in [0.1, 0.15) is 0 Å². The first kappa shape index (κ1) is 20.8. The van der Waals surface area contributed by atoms with Gasteiger partial charge >= 0.3 is 0 Å². The van der Waals surface area contributed by atoms with Crippen molar-refractivity contribution in [3.8, 4) is 0 Å². The Morgan fingerprint density at radius 1 is 1.04 bits per heavy atom. The first-order valence-corrected chi connectivity index (χ1v) is 8.22. The van der Waals surface area contributed by atoms with Crippen molar-refractivity contribution in [1.82, 2.24) is 4.90 Å². The summed E-state index contributed by atoms with van der Waals surface area (Å²) in [5.74, 6) is -0.0188. The molecule has 0 unspecified atom stereocenters. The highest BCUT2D eigenvalue weighted by Gasteiger charge is 2.19. The van der Waals surface area contributed by atoms with E-state index in [-0.39, 0.29) is 24.4 Å². The Bertz CT molecular complexity index is 687. The van der Waals surface area contributed by atoms with Crippen LogP contribution in [0.25, 0.3) is 0 Å². The monoisotopic (exact) mass is 386 g/mol. The lowest BCUT2D eigenvalue weighted by Gasteiger charge is -2.27. The highest BCUT2D eigenvalue weighted by atomic mass is 35.5. The van der Waals surface area contributed by atoms with Crippen LogP contribution in [-0.2, 0) is 13.1 Å². The van der Waals surface area contributed by atoms with Crippen LogP contribution in [0.15, 0.2) is 42.5 Å². The van der Waals surface area contributed by atoms with Crippen molar-refractivity contribution < 1.29 is 4.79 Å². The highest BCUT2D eigenvalue weighted by molar-refractivity contribution is 6.42. The predicted octanol–water partition coefficient (Wildman–Crippen LogP) is 4.92. The van der Waals surface area contributed by atoms with Crippen LogP contribution < -0.4 is 5.73 Å². The van der Waals surface area contributed by atoms with Crippen molar-refractivity contribution in [2.24, 2.45) is 5.73 Å². The molecule has 3 nitrogen and oxygen atoms in total. The quantitative estimate of drug-likeness (QED) is 0.791. The molecule has 2 aromatic carbocycles. The standard InChI is InChI=1S/C18H20Cl2N2O.ClH/c1-12(2)22(11-14-5-8-16(19)17(20)9-14)18(23)15-6-3-13(10-21)4-7-15;/h3-9,12H,10-11,21H2,1-2H3;1H. The van der Waals surface area contributed by atoms with Gasteiger partial charge in [-0.25, -0.2) is 0 Å². The number of rotatable bonds is 5. The molecule has 0 aliphatic heterocycles. The largest absolute Gasteiger partial charge is 0.332 e. The summed E-state index contributed by atoms with van der Waals surface area (Å²) < 4.78 is 0. The Hall–Kier alpha value is -1.26. The van der Waals surface area contributed by atoms with Crippen LogP contribution in [0, 0.1) is 0 Å². The SMILES string of the molecule is CC(C)N(Cc1ccc(Cl)c(Cl)c1)C(=O)c1ccc(CN)cc1.Cl. The molecule has 0 saturated carbocycles. The smallest absolute Gasteiger partial charge is 0.254 e. The number of hydrogen-bond acceptors (Lipinski definition) is 2. The van der Waals surface area contributed by atoms with E-state index in [2.05, 4.69) is 0 Å². The van der Waals surface area contributed by atoms with Gasteiger partial charge in [-0.15, -0.1) is 12.4 Å². The van der Waals surface area contributed by atoms with E-state index in [9.17, 15) is 4.79 Å². The summed E-state index contributed by atoms with van der Waals surface area (Å²) in [6, 6.07) is 12.9. The molecule has 130 valence electrons. The predicted molar refractivity (Wildman–Crippen MR) is 103 cm³/mol. The van der Waals surface area contributed by atoms with E-state index in [0.717, 1.165) is 11.1 Å². The number of halogens is 3. The van der Waals surface area contributed by atoms with Crippen molar-refractivity contribution in [1.29, 1.82) is 0 Å². The maximum atomic E-state index is 12.8. The Kier molecular flexibility index (Phi) is 8.04. The van der Waals surface area contributed by atoms with Gasteiger partial charge in [0.2, 0.25) is 0 Å². The maximum Gasteiger partial charge on any atom is 0.254 e. The van der Waals surface area contributed by atoms with Crippen molar-refractivity contribution >= 4 is 41.5 Å². The molecule has 1 amide bonds.